The summed E-state index contributed by atoms with van der Waals surface area (Å²) in [5.41, 5.74) is 1.90. The van der Waals surface area contributed by atoms with Crippen LogP contribution in [0.3, 0.4) is 0 Å². The Bertz CT molecular complexity index is 732. The van der Waals surface area contributed by atoms with Crippen LogP contribution < -0.4 is 16.0 Å². The van der Waals surface area contributed by atoms with E-state index in [1.54, 1.807) is 0 Å². The van der Waals surface area contributed by atoms with Gasteiger partial charge in [-0.2, -0.15) is 0 Å². The van der Waals surface area contributed by atoms with Crippen LogP contribution in [0, 0.1) is 0 Å². The fraction of sp³-hybridized carbons (Fsp3) is 0.250. The van der Waals surface area contributed by atoms with Gasteiger partial charge in [0, 0.05) is 19.9 Å². The van der Waals surface area contributed by atoms with Crippen molar-refractivity contribution >= 4 is 17.7 Å². The van der Waals surface area contributed by atoms with E-state index in [2.05, 4.69) is 16.0 Å². The van der Waals surface area contributed by atoms with E-state index in [-0.39, 0.29) is 24.3 Å². The standard InChI is InChI=1S/C20H23N3O3/c1-15(24)23-18(12-16-8-4-2-5-9-16)20(26)22-14-19(25)21-13-17-10-6-3-7-11-17/h2-11,18H,12-14H2,1H3,(H,21,25)(H,22,26)(H,23,24)/t18-/m0/s1. The Balaban J connectivity index is 1.83. The maximum absolute atomic E-state index is 12.4. The van der Waals surface area contributed by atoms with Gasteiger partial charge < -0.3 is 16.0 Å². The van der Waals surface area contributed by atoms with Crippen molar-refractivity contribution in [2.24, 2.45) is 0 Å². The summed E-state index contributed by atoms with van der Waals surface area (Å²) in [5.74, 6) is -0.975. The largest absolute Gasteiger partial charge is 0.350 e. The van der Waals surface area contributed by atoms with Crippen molar-refractivity contribution in [3.8, 4) is 0 Å². The van der Waals surface area contributed by atoms with E-state index in [4.69, 9.17) is 0 Å². The first-order valence-corrected chi connectivity index (χ1v) is 8.44. The highest BCUT2D eigenvalue weighted by Gasteiger charge is 2.20. The predicted molar refractivity (Wildman–Crippen MR) is 99.0 cm³/mol. The zero-order valence-electron chi connectivity index (χ0n) is 14.7. The number of carbonyl (C=O) groups is 3. The van der Waals surface area contributed by atoms with Crippen LogP contribution >= 0.6 is 0 Å². The van der Waals surface area contributed by atoms with Gasteiger partial charge in [0.15, 0.2) is 0 Å². The van der Waals surface area contributed by atoms with Gasteiger partial charge in [-0.3, -0.25) is 14.4 Å². The molecule has 3 amide bonds. The topological polar surface area (TPSA) is 87.3 Å². The van der Waals surface area contributed by atoms with E-state index in [1.165, 1.54) is 6.92 Å². The van der Waals surface area contributed by atoms with Crippen LogP contribution in [0.1, 0.15) is 18.1 Å². The highest BCUT2D eigenvalue weighted by Crippen LogP contribution is 2.03. The van der Waals surface area contributed by atoms with Crippen molar-refractivity contribution < 1.29 is 14.4 Å². The second-order valence-electron chi connectivity index (χ2n) is 5.92. The number of carbonyl (C=O) groups excluding carboxylic acids is 3. The van der Waals surface area contributed by atoms with Gasteiger partial charge in [-0.05, 0) is 11.1 Å². The molecule has 6 nitrogen and oxygen atoms in total. The third-order valence-corrected chi connectivity index (χ3v) is 3.73. The molecule has 6 heteroatoms. The number of hydrogen-bond donors (Lipinski definition) is 3. The third kappa shape index (κ3) is 6.76. The molecule has 0 saturated carbocycles. The Kier molecular flexibility index (Phi) is 7.36. The average molecular weight is 353 g/mol. The third-order valence-electron chi connectivity index (χ3n) is 3.73. The van der Waals surface area contributed by atoms with Gasteiger partial charge in [0.25, 0.3) is 0 Å². The normalized spacial score (nSPS) is 11.3. The second-order valence-corrected chi connectivity index (χ2v) is 5.92. The molecule has 0 heterocycles. The molecule has 0 saturated heterocycles. The molecule has 0 aliphatic rings. The highest BCUT2D eigenvalue weighted by atomic mass is 16.2. The van der Waals surface area contributed by atoms with Crippen molar-refractivity contribution in [1.82, 2.24) is 16.0 Å². The minimum Gasteiger partial charge on any atom is -0.350 e. The van der Waals surface area contributed by atoms with Crippen molar-refractivity contribution in [1.29, 1.82) is 0 Å². The number of benzene rings is 2. The maximum Gasteiger partial charge on any atom is 0.243 e. The van der Waals surface area contributed by atoms with Crippen molar-refractivity contribution in [3.63, 3.8) is 0 Å². The van der Waals surface area contributed by atoms with Crippen LogP contribution in [0.15, 0.2) is 60.7 Å². The van der Waals surface area contributed by atoms with E-state index in [0.717, 1.165) is 11.1 Å². The molecule has 0 bridgehead atoms. The molecule has 26 heavy (non-hydrogen) atoms. The second kappa shape index (κ2) is 9.98. The molecule has 136 valence electrons. The summed E-state index contributed by atoms with van der Waals surface area (Å²) in [6, 6.07) is 18.2. The predicted octanol–water partition coefficient (Wildman–Crippen LogP) is 1.17. The summed E-state index contributed by atoms with van der Waals surface area (Å²) in [7, 11) is 0. The van der Waals surface area contributed by atoms with Crippen molar-refractivity contribution in [2.45, 2.75) is 25.9 Å². The number of nitrogens with one attached hydrogen (secondary N) is 3. The monoisotopic (exact) mass is 353 g/mol. The quantitative estimate of drug-likeness (QED) is 0.666. The molecule has 0 fully saturated rings. The van der Waals surface area contributed by atoms with Crippen LogP contribution in [0.2, 0.25) is 0 Å². The molecule has 0 radical (unpaired) electrons. The minimum atomic E-state index is -0.725. The molecular formula is C20H23N3O3. The number of amides is 3. The molecule has 3 N–H and O–H groups in total. The van der Waals surface area contributed by atoms with Crippen molar-refractivity contribution in [2.75, 3.05) is 6.54 Å². The summed E-state index contributed by atoms with van der Waals surface area (Å²) < 4.78 is 0. The zero-order chi connectivity index (χ0) is 18.8. The lowest BCUT2D eigenvalue weighted by Crippen LogP contribution is -2.49. The Morgan fingerprint density at radius 3 is 2.00 bits per heavy atom. The van der Waals surface area contributed by atoms with Gasteiger partial charge in [-0.1, -0.05) is 60.7 Å². The molecule has 2 rings (SSSR count). The zero-order valence-corrected chi connectivity index (χ0v) is 14.7. The first kappa shape index (κ1) is 19.2. The Labute approximate surface area is 153 Å². The molecule has 1 atom stereocenters. The molecule has 0 spiro atoms. The van der Waals surface area contributed by atoms with Crippen LogP contribution in [-0.4, -0.2) is 30.3 Å². The SMILES string of the molecule is CC(=O)N[C@@H](Cc1ccccc1)C(=O)NCC(=O)NCc1ccccc1. The van der Waals surface area contributed by atoms with E-state index in [1.807, 2.05) is 60.7 Å². The van der Waals surface area contributed by atoms with Crippen LogP contribution in [-0.2, 0) is 27.3 Å². The minimum absolute atomic E-state index is 0.142. The van der Waals surface area contributed by atoms with E-state index in [0.29, 0.717) is 13.0 Å². The van der Waals surface area contributed by atoms with Gasteiger partial charge in [-0.25, -0.2) is 0 Å². The van der Waals surface area contributed by atoms with Gasteiger partial charge in [0.2, 0.25) is 17.7 Å². The van der Waals surface area contributed by atoms with Crippen LogP contribution in [0.5, 0.6) is 0 Å². The van der Waals surface area contributed by atoms with Crippen LogP contribution in [0.4, 0.5) is 0 Å². The highest BCUT2D eigenvalue weighted by molar-refractivity contribution is 5.90. The smallest absolute Gasteiger partial charge is 0.243 e. The Morgan fingerprint density at radius 2 is 1.42 bits per heavy atom. The fourth-order valence-electron chi connectivity index (χ4n) is 2.45. The molecule has 2 aromatic carbocycles. The van der Waals surface area contributed by atoms with E-state index >= 15 is 0 Å². The van der Waals surface area contributed by atoms with E-state index in [9.17, 15) is 14.4 Å². The van der Waals surface area contributed by atoms with Gasteiger partial charge in [-0.15, -0.1) is 0 Å². The molecule has 0 aromatic heterocycles. The summed E-state index contributed by atoms with van der Waals surface area (Å²) in [6.45, 7) is 1.61. The lowest BCUT2D eigenvalue weighted by molar-refractivity contribution is -0.129. The van der Waals surface area contributed by atoms with Gasteiger partial charge >= 0.3 is 0 Å². The lowest BCUT2D eigenvalue weighted by Gasteiger charge is -2.17. The van der Waals surface area contributed by atoms with Gasteiger partial charge in [0.1, 0.15) is 6.04 Å². The molecule has 2 aromatic rings. The molecular weight excluding hydrogens is 330 g/mol. The van der Waals surface area contributed by atoms with Gasteiger partial charge in [0.05, 0.1) is 6.54 Å². The maximum atomic E-state index is 12.4. The fourth-order valence-corrected chi connectivity index (χ4v) is 2.45. The lowest BCUT2D eigenvalue weighted by atomic mass is 10.1. The Hall–Kier alpha value is -3.15. The number of rotatable bonds is 8. The average Bonchev–Trinajstić information content (AvgIpc) is 2.65. The molecule has 0 aliphatic carbocycles. The van der Waals surface area contributed by atoms with E-state index < -0.39 is 6.04 Å². The summed E-state index contributed by atoms with van der Waals surface area (Å²) in [6.07, 6.45) is 0.359. The first-order valence-electron chi connectivity index (χ1n) is 8.44. The summed E-state index contributed by atoms with van der Waals surface area (Å²) in [5, 5.41) is 7.95. The first-order chi connectivity index (χ1) is 12.5. The number of hydrogen-bond acceptors (Lipinski definition) is 3. The summed E-state index contributed by atoms with van der Waals surface area (Å²) in [4.78, 5) is 35.6. The Morgan fingerprint density at radius 1 is 0.846 bits per heavy atom. The molecule has 0 unspecified atom stereocenters. The van der Waals surface area contributed by atoms with Crippen molar-refractivity contribution in [3.05, 3.63) is 71.8 Å². The van der Waals surface area contributed by atoms with Crippen LogP contribution in [0.25, 0.3) is 0 Å². The summed E-state index contributed by atoms with van der Waals surface area (Å²) >= 11 is 0. The molecule has 0 aliphatic heterocycles.